The predicted octanol–water partition coefficient (Wildman–Crippen LogP) is 14.9. The molecule has 3 heterocycles. The van der Waals surface area contributed by atoms with E-state index in [1.807, 2.05) is 42.5 Å². The van der Waals surface area contributed by atoms with Gasteiger partial charge in [-0.2, -0.15) is 0 Å². The molecule has 0 saturated heterocycles. The van der Waals surface area contributed by atoms with Crippen LogP contribution in [0.15, 0.2) is 194 Å². The average Bonchev–Trinajstić information content (AvgIpc) is 3.88. The van der Waals surface area contributed by atoms with E-state index in [4.69, 9.17) is 0 Å². The van der Waals surface area contributed by atoms with E-state index < -0.39 is 0 Å². The summed E-state index contributed by atoms with van der Waals surface area (Å²) in [7, 11) is 0. The Morgan fingerprint density at radius 3 is 1.77 bits per heavy atom. The minimum atomic E-state index is 0.121. The van der Waals surface area contributed by atoms with Crippen molar-refractivity contribution in [3.63, 3.8) is 0 Å². The molecule has 4 heteroatoms. The molecular weight excluding hydrogens is 711 g/mol. The number of aromatic nitrogens is 2. The lowest BCUT2D eigenvalue weighted by Gasteiger charge is -2.18. The number of hydrogen-bond acceptors (Lipinski definition) is 2. The summed E-state index contributed by atoms with van der Waals surface area (Å²) in [6.07, 6.45) is 6.08. The first-order chi connectivity index (χ1) is 27.9. The van der Waals surface area contributed by atoms with E-state index in [2.05, 4.69) is 193 Å². The van der Waals surface area contributed by atoms with Crippen molar-refractivity contribution >= 4 is 75.1 Å². The van der Waals surface area contributed by atoms with Gasteiger partial charge in [-0.05, 0) is 106 Å². The van der Waals surface area contributed by atoms with E-state index in [0.717, 1.165) is 11.4 Å². The van der Waals surface area contributed by atoms with Crippen molar-refractivity contribution in [3.05, 3.63) is 205 Å². The molecular formula is C53H45N3S. The minimum Gasteiger partial charge on any atom is -0.378 e. The Labute approximate surface area is 338 Å². The zero-order valence-corrected chi connectivity index (χ0v) is 33.6. The van der Waals surface area contributed by atoms with Crippen LogP contribution in [0.4, 0.5) is 0 Å². The molecule has 278 valence electrons. The number of thiophene rings is 1. The summed E-state index contributed by atoms with van der Waals surface area (Å²) in [5.41, 5.74) is 11.9. The van der Waals surface area contributed by atoms with Gasteiger partial charge in [0.2, 0.25) is 0 Å². The molecule has 0 aliphatic heterocycles. The molecule has 3 nitrogen and oxygen atoms in total. The SMILES string of the molecule is C=C/C(NC(C)c1ccc(-n2c3cc4c(cc3c3cc5c(cc32)c2ccccc2n5-c2ccccc2)sc2ccccc24)cc1)=C(C)\C=C/C.Cc1ccccc1. The third-order valence-electron chi connectivity index (χ3n) is 11.1. The molecule has 0 aliphatic rings. The third-order valence-corrected chi connectivity index (χ3v) is 12.2. The summed E-state index contributed by atoms with van der Waals surface area (Å²) < 4.78 is 7.52. The first-order valence-corrected chi connectivity index (χ1v) is 20.5. The third kappa shape index (κ3) is 6.52. The summed E-state index contributed by atoms with van der Waals surface area (Å²) in [5, 5.41) is 11.3. The Kier molecular flexibility index (Phi) is 9.57. The van der Waals surface area contributed by atoms with Crippen LogP contribution in [0.2, 0.25) is 0 Å². The topological polar surface area (TPSA) is 21.9 Å². The lowest BCUT2D eigenvalue weighted by Crippen LogP contribution is -2.18. The standard InChI is InChI=1S/C46H37N3S.C7H8/c1-5-14-29(3)40(6-2)47-30(4)31-21-23-33(24-22-31)49-43-25-36-34-17-10-12-19-41(34)48(32-15-8-7-9-16-32)42(36)26-37(43)38-28-46-39(27-44(38)49)35-18-11-13-20-45(35)50-46;1-7-5-3-2-4-6-7/h5-28,30,47H,2H2,1,3-4H3;2-6H,1H3/b14-5-,40-29+;. The first-order valence-electron chi connectivity index (χ1n) is 19.7. The second-order valence-corrected chi connectivity index (χ2v) is 15.9. The highest BCUT2D eigenvalue weighted by atomic mass is 32.1. The van der Waals surface area contributed by atoms with E-state index in [0.29, 0.717) is 0 Å². The van der Waals surface area contributed by atoms with E-state index in [1.54, 1.807) is 0 Å². The molecule has 0 amide bonds. The molecule has 0 spiro atoms. The summed E-state index contributed by atoms with van der Waals surface area (Å²) in [6.45, 7) is 12.5. The number of benzene rings is 7. The number of hydrogen-bond donors (Lipinski definition) is 1. The normalized spacial score (nSPS) is 12.8. The van der Waals surface area contributed by atoms with Crippen molar-refractivity contribution < 1.29 is 0 Å². The molecule has 7 aromatic carbocycles. The van der Waals surface area contributed by atoms with Gasteiger partial charge < -0.3 is 14.5 Å². The van der Waals surface area contributed by atoms with Crippen LogP contribution in [0.1, 0.15) is 37.9 Å². The van der Waals surface area contributed by atoms with Gasteiger partial charge in [-0.3, -0.25) is 0 Å². The smallest absolute Gasteiger partial charge is 0.0548 e. The van der Waals surface area contributed by atoms with Crippen molar-refractivity contribution in [1.82, 2.24) is 14.5 Å². The van der Waals surface area contributed by atoms with Gasteiger partial charge in [0.05, 0.1) is 22.1 Å². The second-order valence-electron chi connectivity index (χ2n) is 14.8. The van der Waals surface area contributed by atoms with Crippen LogP contribution in [-0.2, 0) is 0 Å². The molecule has 1 unspecified atom stereocenters. The van der Waals surface area contributed by atoms with Gasteiger partial charge in [-0.15, -0.1) is 11.3 Å². The molecule has 0 fully saturated rings. The lowest BCUT2D eigenvalue weighted by molar-refractivity contribution is 0.662. The molecule has 10 rings (SSSR count). The van der Waals surface area contributed by atoms with Gasteiger partial charge in [0, 0.05) is 64.8 Å². The molecule has 1 N–H and O–H groups in total. The molecule has 0 aliphatic carbocycles. The van der Waals surface area contributed by atoms with Crippen LogP contribution in [0.25, 0.3) is 75.2 Å². The van der Waals surface area contributed by atoms with Gasteiger partial charge in [-0.1, -0.05) is 121 Å². The first kappa shape index (κ1) is 36.0. The van der Waals surface area contributed by atoms with Gasteiger partial charge >= 0.3 is 0 Å². The van der Waals surface area contributed by atoms with E-state index in [1.165, 1.54) is 86.2 Å². The molecule has 0 saturated carbocycles. The van der Waals surface area contributed by atoms with Gasteiger partial charge in [0.15, 0.2) is 0 Å². The molecule has 1 atom stereocenters. The molecule has 10 aromatic rings. The average molecular weight is 756 g/mol. The number of allylic oxidation sites excluding steroid dienone is 4. The highest BCUT2D eigenvalue weighted by molar-refractivity contribution is 7.25. The molecule has 3 aromatic heterocycles. The quantitative estimate of drug-likeness (QED) is 0.161. The molecule has 0 radical (unpaired) electrons. The maximum absolute atomic E-state index is 4.05. The number of para-hydroxylation sites is 2. The maximum atomic E-state index is 4.05. The zero-order valence-electron chi connectivity index (χ0n) is 32.8. The Morgan fingerprint density at radius 2 is 1.12 bits per heavy atom. The highest BCUT2D eigenvalue weighted by Gasteiger charge is 2.20. The lowest BCUT2D eigenvalue weighted by atomic mass is 10.1. The largest absolute Gasteiger partial charge is 0.378 e. The zero-order chi connectivity index (χ0) is 39.0. The van der Waals surface area contributed by atoms with Crippen LogP contribution in [0.5, 0.6) is 0 Å². The Balaban J connectivity index is 0.000000548. The number of nitrogens with one attached hydrogen (secondary N) is 1. The molecule has 0 bridgehead atoms. The number of rotatable bonds is 7. The highest BCUT2D eigenvalue weighted by Crippen LogP contribution is 2.43. The predicted molar refractivity (Wildman–Crippen MR) is 248 cm³/mol. The van der Waals surface area contributed by atoms with Crippen molar-refractivity contribution in [2.24, 2.45) is 0 Å². The number of nitrogens with zero attached hydrogens (tertiary/aromatic N) is 2. The van der Waals surface area contributed by atoms with Gasteiger partial charge in [0.1, 0.15) is 0 Å². The van der Waals surface area contributed by atoms with Crippen molar-refractivity contribution in [1.29, 1.82) is 0 Å². The number of fused-ring (bicyclic) bond motifs is 9. The number of aryl methyl sites for hydroxylation is 1. The van der Waals surface area contributed by atoms with Crippen LogP contribution >= 0.6 is 11.3 Å². The Bertz CT molecular complexity index is 3140. The van der Waals surface area contributed by atoms with Crippen LogP contribution in [0, 0.1) is 6.92 Å². The van der Waals surface area contributed by atoms with E-state index in [9.17, 15) is 0 Å². The van der Waals surface area contributed by atoms with Gasteiger partial charge in [0.25, 0.3) is 0 Å². The van der Waals surface area contributed by atoms with Crippen LogP contribution < -0.4 is 5.32 Å². The van der Waals surface area contributed by atoms with E-state index in [-0.39, 0.29) is 6.04 Å². The Hall–Kier alpha value is -6.62. The molecule has 57 heavy (non-hydrogen) atoms. The second kappa shape index (κ2) is 15.1. The fourth-order valence-electron chi connectivity index (χ4n) is 8.26. The van der Waals surface area contributed by atoms with Crippen molar-refractivity contribution in [2.75, 3.05) is 0 Å². The van der Waals surface area contributed by atoms with E-state index >= 15 is 0 Å². The summed E-state index contributed by atoms with van der Waals surface area (Å²) in [6, 6.07) is 57.4. The maximum Gasteiger partial charge on any atom is 0.0548 e. The van der Waals surface area contributed by atoms with Crippen LogP contribution in [-0.4, -0.2) is 9.13 Å². The Morgan fingerprint density at radius 1 is 0.579 bits per heavy atom. The summed E-state index contributed by atoms with van der Waals surface area (Å²) in [4.78, 5) is 0. The fourth-order valence-corrected chi connectivity index (χ4v) is 9.39. The summed E-state index contributed by atoms with van der Waals surface area (Å²) >= 11 is 1.88. The van der Waals surface area contributed by atoms with Crippen LogP contribution in [0.3, 0.4) is 0 Å². The monoisotopic (exact) mass is 755 g/mol. The van der Waals surface area contributed by atoms with Crippen molar-refractivity contribution in [2.45, 2.75) is 33.7 Å². The fraction of sp³-hybridized carbons (Fsp3) is 0.0943. The van der Waals surface area contributed by atoms with Gasteiger partial charge in [-0.25, -0.2) is 0 Å². The summed E-state index contributed by atoms with van der Waals surface area (Å²) in [5.74, 6) is 0. The van der Waals surface area contributed by atoms with Crippen molar-refractivity contribution in [3.8, 4) is 11.4 Å². The minimum absolute atomic E-state index is 0.121.